The Bertz CT molecular complexity index is 715. The Morgan fingerprint density at radius 1 is 1.14 bits per heavy atom. The summed E-state index contributed by atoms with van der Waals surface area (Å²) in [4.78, 5) is 12.4. The minimum atomic E-state index is -1.29. The number of carbonyl (C=O) groups excluding carboxylic acids is 1. The van der Waals surface area contributed by atoms with Crippen LogP contribution in [0.1, 0.15) is 29.8 Å². The monoisotopic (exact) mass is 320 g/mol. The molecule has 0 heterocycles. The number of nitrogens with one attached hydrogen (secondary N) is 1. The van der Waals surface area contributed by atoms with E-state index < -0.39 is 16.8 Å². The van der Waals surface area contributed by atoms with Gasteiger partial charge in [0.25, 0.3) is 0 Å². The normalized spacial score (nSPS) is 12.2. The van der Waals surface area contributed by atoms with E-state index in [2.05, 4.69) is 4.72 Å². The molecule has 4 nitrogen and oxygen atoms in total. The average Bonchev–Trinajstić information content (AvgIpc) is 2.49. The van der Waals surface area contributed by atoms with E-state index in [1.165, 1.54) is 24.3 Å². The molecule has 0 fully saturated rings. The van der Waals surface area contributed by atoms with Crippen LogP contribution in [0.5, 0.6) is 0 Å². The van der Waals surface area contributed by atoms with E-state index in [9.17, 15) is 13.4 Å². The minimum Gasteiger partial charge on any atom is -0.397 e. The molecule has 116 valence electrons. The van der Waals surface area contributed by atoms with Crippen LogP contribution >= 0.6 is 0 Å². The molecule has 0 radical (unpaired) electrons. The summed E-state index contributed by atoms with van der Waals surface area (Å²) >= 11 is 0. The molecule has 0 aliphatic rings. The summed E-state index contributed by atoms with van der Waals surface area (Å²) in [5.41, 5.74) is 7.46. The van der Waals surface area contributed by atoms with Crippen molar-refractivity contribution < 1.29 is 13.4 Å². The molecule has 0 saturated heterocycles. The Balaban J connectivity index is 2.30. The largest absolute Gasteiger partial charge is 0.397 e. The van der Waals surface area contributed by atoms with Crippen molar-refractivity contribution in [2.75, 3.05) is 10.5 Å². The highest BCUT2D eigenvalue weighted by Crippen LogP contribution is 2.23. The quantitative estimate of drug-likeness (QED) is 0.657. The average molecular weight is 320 g/mol. The van der Waals surface area contributed by atoms with E-state index in [1.54, 1.807) is 18.2 Å². The third-order valence-corrected chi connectivity index (χ3v) is 4.34. The zero-order valence-corrected chi connectivity index (χ0v) is 13.1. The van der Waals surface area contributed by atoms with Crippen LogP contribution in [0.4, 0.5) is 15.8 Å². The van der Waals surface area contributed by atoms with Gasteiger partial charge in [-0.25, -0.2) is 8.60 Å². The lowest BCUT2D eigenvalue weighted by Crippen LogP contribution is -2.16. The molecule has 3 N–H and O–H groups in total. The van der Waals surface area contributed by atoms with Crippen molar-refractivity contribution in [3.8, 4) is 0 Å². The van der Waals surface area contributed by atoms with Gasteiger partial charge in [0.1, 0.15) is 16.8 Å². The molecule has 2 rings (SSSR count). The molecular formula is C16H17FN2O2S. The fourth-order valence-corrected chi connectivity index (χ4v) is 2.41. The number of hydrogen-bond donors (Lipinski definition) is 2. The summed E-state index contributed by atoms with van der Waals surface area (Å²) in [6, 6.07) is 10.0. The molecule has 22 heavy (non-hydrogen) atoms. The second-order valence-electron chi connectivity index (χ2n) is 5.09. The molecule has 2 aromatic rings. The van der Waals surface area contributed by atoms with E-state index in [4.69, 9.17) is 5.73 Å². The lowest BCUT2D eigenvalue weighted by molar-refractivity contribution is 0.103. The van der Waals surface area contributed by atoms with Crippen molar-refractivity contribution in [2.24, 2.45) is 0 Å². The maximum absolute atomic E-state index is 12.9. The second kappa shape index (κ2) is 6.70. The molecule has 6 heteroatoms. The van der Waals surface area contributed by atoms with Crippen LogP contribution in [0.15, 0.2) is 42.5 Å². The highest BCUT2D eigenvalue weighted by molar-refractivity contribution is 7.86. The van der Waals surface area contributed by atoms with Crippen molar-refractivity contribution in [2.45, 2.75) is 19.1 Å². The third kappa shape index (κ3) is 3.71. The Labute approximate surface area is 131 Å². The topological polar surface area (TPSA) is 72.2 Å². The zero-order valence-electron chi connectivity index (χ0n) is 12.3. The second-order valence-corrected chi connectivity index (χ2v) is 6.83. The van der Waals surface area contributed by atoms with Crippen LogP contribution in [0.3, 0.4) is 0 Å². The number of carbonyl (C=O) groups is 1. The first kappa shape index (κ1) is 16.2. The summed E-state index contributed by atoms with van der Waals surface area (Å²) in [6.07, 6.45) is 0. The van der Waals surface area contributed by atoms with Crippen LogP contribution in [0, 0.1) is 5.82 Å². The molecule has 0 spiro atoms. The van der Waals surface area contributed by atoms with Crippen LogP contribution in [-0.2, 0) is 11.0 Å². The van der Waals surface area contributed by atoms with Gasteiger partial charge in [0.05, 0.1) is 11.4 Å². The predicted octanol–water partition coefficient (Wildman–Crippen LogP) is 3.12. The molecule has 2 aromatic carbocycles. The van der Waals surface area contributed by atoms with Gasteiger partial charge in [-0.15, -0.1) is 0 Å². The molecule has 0 aliphatic carbocycles. The maximum Gasteiger partial charge on any atom is 0.193 e. The fourth-order valence-electron chi connectivity index (χ4n) is 1.78. The lowest BCUT2D eigenvalue weighted by atomic mass is 10.0. The van der Waals surface area contributed by atoms with Crippen LogP contribution < -0.4 is 10.5 Å². The molecule has 1 unspecified atom stereocenters. The zero-order chi connectivity index (χ0) is 16.3. The first-order valence-corrected chi connectivity index (χ1v) is 7.97. The molecular weight excluding hydrogens is 303 g/mol. The van der Waals surface area contributed by atoms with E-state index in [-0.39, 0.29) is 11.0 Å². The van der Waals surface area contributed by atoms with Gasteiger partial charge in [0.2, 0.25) is 0 Å². The van der Waals surface area contributed by atoms with Gasteiger partial charge in [0, 0.05) is 16.4 Å². The summed E-state index contributed by atoms with van der Waals surface area (Å²) in [5, 5.41) is -0.0872. The SMILES string of the molecule is CC(C)S(=O)Nc1cc(C(=O)c2ccc(F)cc2)ccc1N. The van der Waals surface area contributed by atoms with Gasteiger partial charge in [-0.1, -0.05) is 0 Å². The Kier molecular flexibility index (Phi) is 4.92. The van der Waals surface area contributed by atoms with E-state index in [0.29, 0.717) is 22.5 Å². The highest BCUT2D eigenvalue weighted by atomic mass is 32.2. The number of halogens is 1. The van der Waals surface area contributed by atoms with Crippen LogP contribution in [0.2, 0.25) is 0 Å². The Morgan fingerprint density at radius 2 is 1.73 bits per heavy atom. The fraction of sp³-hybridized carbons (Fsp3) is 0.188. The van der Waals surface area contributed by atoms with E-state index in [1.807, 2.05) is 13.8 Å². The van der Waals surface area contributed by atoms with Gasteiger partial charge in [0.15, 0.2) is 5.78 Å². The van der Waals surface area contributed by atoms with Gasteiger partial charge in [-0.3, -0.25) is 4.79 Å². The van der Waals surface area contributed by atoms with Gasteiger partial charge in [-0.05, 0) is 56.3 Å². The first-order chi connectivity index (χ1) is 10.4. The van der Waals surface area contributed by atoms with Crippen LogP contribution in [-0.4, -0.2) is 15.2 Å². The van der Waals surface area contributed by atoms with E-state index >= 15 is 0 Å². The van der Waals surface area contributed by atoms with E-state index in [0.717, 1.165) is 0 Å². The molecule has 0 amide bonds. The first-order valence-electron chi connectivity index (χ1n) is 6.75. The molecule has 0 saturated carbocycles. The maximum atomic E-state index is 12.9. The van der Waals surface area contributed by atoms with Gasteiger partial charge in [-0.2, -0.15) is 0 Å². The van der Waals surface area contributed by atoms with Crippen molar-refractivity contribution in [3.05, 3.63) is 59.4 Å². The van der Waals surface area contributed by atoms with Gasteiger partial charge >= 0.3 is 0 Å². The standard InChI is InChI=1S/C16H17FN2O2S/c1-10(2)22(21)19-15-9-12(5-8-14(15)18)16(20)11-3-6-13(17)7-4-11/h3-10,19H,18H2,1-2H3. The summed E-state index contributed by atoms with van der Waals surface area (Å²) < 4.78 is 27.6. The molecule has 0 bridgehead atoms. The van der Waals surface area contributed by atoms with Gasteiger partial charge < -0.3 is 10.5 Å². The third-order valence-electron chi connectivity index (χ3n) is 3.06. The number of nitrogen functional groups attached to an aromatic ring is 1. The molecule has 0 aromatic heterocycles. The summed E-state index contributed by atoms with van der Waals surface area (Å²) in [7, 11) is -1.29. The number of benzene rings is 2. The Hall–Kier alpha value is -2.21. The number of ketones is 1. The number of nitrogens with two attached hydrogens (primary N) is 1. The number of rotatable bonds is 5. The lowest BCUT2D eigenvalue weighted by Gasteiger charge is -2.12. The van der Waals surface area contributed by atoms with Crippen molar-refractivity contribution in [3.63, 3.8) is 0 Å². The summed E-state index contributed by atoms with van der Waals surface area (Å²) in [5.74, 6) is -0.651. The predicted molar refractivity (Wildman–Crippen MR) is 87.6 cm³/mol. The molecule has 0 aliphatic heterocycles. The molecule has 1 atom stereocenters. The number of anilines is 2. The summed E-state index contributed by atoms with van der Waals surface area (Å²) in [6.45, 7) is 3.62. The smallest absolute Gasteiger partial charge is 0.193 e. The van der Waals surface area contributed by atoms with Crippen molar-refractivity contribution in [1.29, 1.82) is 0 Å². The minimum absolute atomic E-state index is 0.0872. The van der Waals surface area contributed by atoms with Crippen LogP contribution in [0.25, 0.3) is 0 Å². The van der Waals surface area contributed by atoms with Crippen molar-refractivity contribution in [1.82, 2.24) is 0 Å². The Morgan fingerprint density at radius 3 is 2.32 bits per heavy atom. The highest BCUT2D eigenvalue weighted by Gasteiger charge is 2.13. The van der Waals surface area contributed by atoms with Crippen molar-refractivity contribution >= 4 is 28.1 Å². The number of hydrogen-bond acceptors (Lipinski definition) is 3.